The number of hydrogen-bond acceptors (Lipinski definition) is 4. The smallest absolute Gasteiger partial charge is 0.255 e. The Morgan fingerprint density at radius 3 is 2.64 bits per heavy atom. The quantitative estimate of drug-likeness (QED) is 0.635. The Kier molecular flexibility index (Phi) is 6.26. The molecule has 0 saturated heterocycles. The highest BCUT2D eigenvalue weighted by atomic mass is 19.1. The molecule has 6 nitrogen and oxygen atoms in total. The molecule has 0 saturated carbocycles. The van der Waals surface area contributed by atoms with E-state index in [4.69, 9.17) is 9.47 Å². The van der Waals surface area contributed by atoms with Gasteiger partial charge in [0.15, 0.2) is 11.5 Å². The Balaban J connectivity index is 1.69. The van der Waals surface area contributed by atoms with Crippen LogP contribution in [0.25, 0.3) is 0 Å². The molecule has 1 heterocycles. The molecule has 2 aromatic carbocycles. The number of nitrogens with zero attached hydrogens (tertiary/aromatic N) is 2. The number of ether oxygens (including phenoxy) is 2. The second kappa shape index (κ2) is 9.03. The van der Waals surface area contributed by atoms with E-state index in [2.05, 4.69) is 10.4 Å². The molecule has 0 spiro atoms. The monoisotopic (exact) mass is 383 g/mol. The lowest BCUT2D eigenvalue weighted by Crippen LogP contribution is -2.11. The summed E-state index contributed by atoms with van der Waals surface area (Å²) in [7, 11) is 0. The summed E-state index contributed by atoms with van der Waals surface area (Å²) in [6.45, 7) is 5.45. The van der Waals surface area contributed by atoms with Crippen molar-refractivity contribution in [2.24, 2.45) is 0 Å². The van der Waals surface area contributed by atoms with Gasteiger partial charge in [-0.15, -0.1) is 0 Å². The molecule has 1 N–H and O–H groups in total. The summed E-state index contributed by atoms with van der Waals surface area (Å²) in [4.78, 5) is 12.2. The lowest BCUT2D eigenvalue weighted by molar-refractivity contribution is 0.102. The third kappa shape index (κ3) is 4.88. The van der Waals surface area contributed by atoms with Crippen LogP contribution in [0.2, 0.25) is 0 Å². The van der Waals surface area contributed by atoms with E-state index in [0.717, 1.165) is 5.56 Å². The van der Waals surface area contributed by atoms with Gasteiger partial charge in [0.1, 0.15) is 5.82 Å². The first-order valence-electron chi connectivity index (χ1n) is 9.07. The van der Waals surface area contributed by atoms with Crippen LogP contribution in [0.4, 0.5) is 10.1 Å². The maximum atomic E-state index is 13.3. The van der Waals surface area contributed by atoms with Crippen LogP contribution in [0.15, 0.2) is 54.9 Å². The van der Waals surface area contributed by atoms with Gasteiger partial charge in [0.05, 0.1) is 31.6 Å². The van der Waals surface area contributed by atoms with Crippen LogP contribution in [0, 0.1) is 5.82 Å². The van der Waals surface area contributed by atoms with Crippen LogP contribution in [0.5, 0.6) is 11.5 Å². The van der Waals surface area contributed by atoms with Gasteiger partial charge < -0.3 is 14.8 Å². The number of rotatable bonds is 8. The van der Waals surface area contributed by atoms with Gasteiger partial charge in [-0.3, -0.25) is 9.48 Å². The van der Waals surface area contributed by atoms with Gasteiger partial charge >= 0.3 is 0 Å². The lowest BCUT2D eigenvalue weighted by atomic mass is 10.2. The molecule has 3 rings (SSSR count). The van der Waals surface area contributed by atoms with Gasteiger partial charge in [0, 0.05) is 11.8 Å². The van der Waals surface area contributed by atoms with E-state index < -0.39 is 11.7 Å². The first-order chi connectivity index (χ1) is 13.6. The van der Waals surface area contributed by atoms with E-state index in [1.165, 1.54) is 18.2 Å². The average molecular weight is 383 g/mol. The van der Waals surface area contributed by atoms with E-state index in [9.17, 15) is 9.18 Å². The van der Waals surface area contributed by atoms with Crippen molar-refractivity contribution in [2.75, 3.05) is 18.5 Å². The van der Waals surface area contributed by atoms with Crippen molar-refractivity contribution in [2.45, 2.75) is 20.4 Å². The molecule has 0 radical (unpaired) electrons. The second-order valence-electron chi connectivity index (χ2n) is 6.04. The molecule has 3 aromatic rings. The van der Waals surface area contributed by atoms with Crippen molar-refractivity contribution < 1.29 is 18.7 Å². The molecule has 0 bridgehead atoms. The molecule has 1 amide bonds. The van der Waals surface area contributed by atoms with Crippen molar-refractivity contribution in [1.29, 1.82) is 0 Å². The highest BCUT2D eigenvalue weighted by Gasteiger charge is 2.10. The highest BCUT2D eigenvalue weighted by Crippen LogP contribution is 2.29. The topological polar surface area (TPSA) is 65.4 Å². The molecule has 28 heavy (non-hydrogen) atoms. The fourth-order valence-corrected chi connectivity index (χ4v) is 2.73. The van der Waals surface area contributed by atoms with Crippen molar-refractivity contribution in [3.63, 3.8) is 0 Å². The van der Waals surface area contributed by atoms with Crippen LogP contribution in [0.1, 0.15) is 29.8 Å². The van der Waals surface area contributed by atoms with E-state index in [-0.39, 0.29) is 5.56 Å². The Morgan fingerprint density at radius 2 is 1.89 bits per heavy atom. The zero-order valence-electron chi connectivity index (χ0n) is 15.8. The fraction of sp³-hybridized carbons (Fsp3) is 0.238. The summed E-state index contributed by atoms with van der Waals surface area (Å²) in [6, 6.07) is 11.3. The van der Waals surface area contributed by atoms with Crippen molar-refractivity contribution in [3.8, 4) is 11.5 Å². The maximum absolute atomic E-state index is 13.3. The molecule has 0 aliphatic rings. The molecule has 0 unspecified atom stereocenters. The predicted octanol–water partition coefficient (Wildman–Crippen LogP) is 4.12. The minimum atomic E-state index is -0.455. The van der Waals surface area contributed by atoms with Crippen LogP contribution >= 0.6 is 0 Å². The molecule has 7 heteroatoms. The minimum absolute atomic E-state index is 0.251. The van der Waals surface area contributed by atoms with Gasteiger partial charge in [0.25, 0.3) is 5.91 Å². The zero-order valence-corrected chi connectivity index (χ0v) is 15.8. The van der Waals surface area contributed by atoms with E-state index >= 15 is 0 Å². The molecule has 1 aromatic heterocycles. The summed E-state index contributed by atoms with van der Waals surface area (Å²) in [5, 5.41) is 6.98. The summed E-state index contributed by atoms with van der Waals surface area (Å²) in [5.41, 5.74) is 1.77. The molecule has 146 valence electrons. The van der Waals surface area contributed by atoms with Gasteiger partial charge in [-0.05, 0) is 49.7 Å². The molecule has 0 atom stereocenters. The number of amides is 1. The summed E-state index contributed by atoms with van der Waals surface area (Å²) >= 11 is 0. The second-order valence-corrected chi connectivity index (χ2v) is 6.04. The average Bonchev–Trinajstić information content (AvgIpc) is 3.11. The van der Waals surface area contributed by atoms with Crippen LogP contribution in [-0.2, 0) is 6.54 Å². The van der Waals surface area contributed by atoms with Crippen molar-refractivity contribution in [3.05, 3.63) is 71.8 Å². The summed E-state index contributed by atoms with van der Waals surface area (Å²) in [5.74, 6) is 0.549. The summed E-state index contributed by atoms with van der Waals surface area (Å²) in [6.07, 6.45) is 3.27. The number of anilines is 1. The van der Waals surface area contributed by atoms with Gasteiger partial charge in [0.2, 0.25) is 0 Å². The number of nitrogens with one attached hydrogen (secondary N) is 1. The van der Waals surface area contributed by atoms with Gasteiger partial charge in [-0.2, -0.15) is 5.10 Å². The normalized spacial score (nSPS) is 10.5. The Bertz CT molecular complexity index is 956. The zero-order chi connectivity index (χ0) is 19.9. The molecule has 0 aliphatic heterocycles. The summed E-state index contributed by atoms with van der Waals surface area (Å²) < 4.78 is 26.2. The third-order valence-electron chi connectivity index (χ3n) is 3.93. The Labute approximate surface area is 162 Å². The predicted molar refractivity (Wildman–Crippen MR) is 104 cm³/mol. The Morgan fingerprint density at radius 1 is 1.11 bits per heavy atom. The maximum Gasteiger partial charge on any atom is 0.255 e. The van der Waals surface area contributed by atoms with Crippen molar-refractivity contribution in [1.82, 2.24) is 9.78 Å². The van der Waals surface area contributed by atoms with E-state index in [1.807, 2.05) is 32.0 Å². The molecular weight excluding hydrogens is 361 g/mol. The molecule has 0 aliphatic carbocycles. The number of carbonyl (C=O) groups is 1. The first-order valence-corrected chi connectivity index (χ1v) is 9.07. The number of benzene rings is 2. The third-order valence-corrected chi connectivity index (χ3v) is 3.93. The lowest BCUT2D eigenvalue weighted by Gasteiger charge is -2.12. The van der Waals surface area contributed by atoms with Gasteiger partial charge in [-0.1, -0.05) is 12.1 Å². The number of aromatic nitrogens is 2. The van der Waals surface area contributed by atoms with Crippen LogP contribution in [-0.4, -0.2) is 28.9 Å². The molecule has 0 fully saturated rings. The fourth-order valence-electron chi connectivity index (χ4n) is 2.73. The highest BCUT2D eigenvalue weighted by molar-refractivity contribution is 6.04. The minimum Gasteiger partial charge on any atom is -0.490 e. The van der Waals surface area contributed by atoms with Crippen LogP contribution < -0.4 is 14.8 Å². The SMILES string of the molecule is CCOc1ccc(Cn2cc(NC(=O)c3cccc(F)c3)cn2)cc1OCC. The van der Waals surface area contributed by atoms with Gasteiger partial charge in [-0.25, -0.2) is 4.39 Å². The van der Waals surface area contributed by atoms with E-state index in [0.29, 0.717) is 36.9 Å². The largest absolute Gasteiger partial charge is 0.490 e. The number of hydrogen-bond donors (Lipinski definition) is 1. The number of carbonyl (C=O) groups excluding carboxylic acids is 1. The number of halogens is 1. The van der Waals surface area contributed by atoms with Crippen LogP contribution in [0.3, 0.4) is 0 Å². The van der Waals surface area contributed by atoms with Crippen molar-refractivity contribution >= 4 is 11.6 Å². The Hall–Kier alpha value is -3.35. The molecular formula is C21H22FN3O3. The standard InChI is InChI=1S/C21H22FN3O3/c1-3-27-19-9-8-15(10-20(19)28-4-2)13-25-14-18(12-23-25)24-21(26)16-6-5-7-17(22)11-16/h5-12,14H,3-4,13H2,1-2H3,(H,24,26). The first kappa shape index (κ1) is 19.4. The van der Waals surface area contributed by atoms with E-state index in [1.54, 1.807) is 23.1 Å².